The number of hydrogen-bond donors (Lipinski definition) is 3. The van der Waals surface area contributed by atoms with E-state index in [0.717, 1.165) is 0 Å². The summed E-state index contributed by atoms with van der Waals surface area (Å²) in [5, 5.41) is 14.4. The molecule has 0 rings (SSSR count). The van der Waals surface area contributed by atoms with Gasteiger partial charge in [-0.05, 0) is 0 Å². The Morgan fingerprint density at radius 2 is 1.62 bits per heavy atom. The summed E-state index contributed by atoms with van der Waals surface area (Å²) in [6.45, 7) is 1.21. The molecule has 0 saturated carbocycles. The summed E-state index contributed by atoms with van der Waals surface area (Å²) < 4.78 is 0. The molecule has 0 bridgehead atoms. The molecule has 0 aliphatic heterocycles. The molecule has 0 aromatic carbocycles. The Bertz CT molecular complexity index is 48.5. The third-order valence-corrected chi connectivity index (χ3v) is 1.18. The Morgan fingerprint density at radius 3 is 1.88 bits per heavy atom. The lowest BCUT2D eigenvalue weighted by atomic mass is 10.4. The van der Waals surface area contributed by atoms with E-state index in [2.05, 4.69) is 29.0 Å². The highest BCUT2D eigenvalue weighted by Gasteiger charge is 1.97. The molecule has 2 atom stereocenters. The van der Waals surface area contributed by atoms with Crippen LogP contribution in [0.15, 0.2) is 0 Å². The van der Waals surface area contributed by atoms with Crippen LogP contribution < -0.4 is 10.2 Å². The summed E-state index contributed by atoms with van der Waals surface area (Å²) in [5.74, 6) is 0. The van der Waals surface area contributed by atoms with Crippen molar-refractivity contribution < 1.29 is 5.11 Å². The smallest absolute Gasteiger partial charge is 0.0794 e. The molecule has 3 nitrogen and oxygen atoms in total. The first-order chi connectivity index (χ1) is 3.81. The van der Waals surface area contributed by atoms with Crippen molar-refractivity contribution in [3.8, 4) is 0 Å². The van der Waals surface area contributed by atoms with Gasteiger partial charge in [-0.15, -0.1) is 0 Å². The molecule has 0 heterocycles. The van der Waals surface area contributed by atoms with Crippen LogP contribution in [0.1, 0.15) is 0 Å². The number of nitrogens with one attached hydrogen (secondary N) is 2. The predicted octanol–water partition coefficient (Wildman–Crippen LogP) is -0.893. The van der Waals surface area contributed by atoms with Crippen LogP contribution in [0.2, 0.25) is 0 Å². The van der Waals surface area contributed by atoms with Crippen molar-refractivity contribution in [3.05, 3.63) is 0 Å². The fourth-order valence-electron chi connectivity index (χ4n) is 0.344. The molecule has 0 radical (unpaired) electrons. The van der Waals surface area contributed by atoms with Crippen molar-refractivity contribution in [2.24, 2.45) is 0 Å². The van der Waals surface area contributed by atoms with Crippen molar-refractivity contribution in [3.63, 3.8) is 0 Å². The Hall–Kier alpha value is 0.740. The average molecular weight is 154 g/mol. The quantitative estimate of drug-likeness (QED) is 0.460. The Morgan fingerprint density at radius 1 is 1.25 bits per heavy atom. The second kappa shape index (κ2) is 5.87. The number of aliphatic hydroxyl groups excluding tert-OH is 1. The molecule has 0 aromatic heterocycles. The summed E-state index contributed by atoms with van der Waals surface area (Å²) in [7, 11) is 4.66. The van der Waals surface area contributed by atoms with Crippen molar-refractivity contribution in [1.82, 2.24) is 10.2 Å². The average Bonchev–Trinajstić information content (AvgIpc) is 1.68. The summed E-state index contributed by atoms with van der Waals surface area (Å²) in [5.41, 5.74) is 0. The highest BCUT2D eigenvalue weighted by Crippen LogP contribution is 1.80. The monoisotopic (exact) mass is 154 g/mol. The van der Waals surface area contributed by atoms with Crippen molar-refractivity contribution in [2.45, 2.75) is 6.10 Å². The van der Waals surface area contributed by atoms with Gasteiger partial charge >= 0.3 is 0 Å². The molecule has 0 saturated heterocycles. The highest BCUT2D eigenvalue weighted by atomic mass is 31.0. The molecule has 2 unspecified atom stereocenters. The fraction of sp³-hybridized carbons (Fsp3) is 1.00. The van der Waals surface area contributed by atoms with Gasteiger partial charge in [-0.25, -0.2) is 0 Å². The van der Waals surface area contributed by atoms with Crippen LogP contribution in [0.3, 0.4) is 0 Å². The van der Waals surface area contributed by atoms with Crippen LogP contribution in [0.25, 0.3) is 0 Å². The van der Waals surface area contributed by atoms with Crippen LogP contribution in [0.4, 0.5) is 0 Å². The summed E-state index contributed by atoms with van der Waals surface area (Å²) in [6.07, 6.45) is -0.301. The lowest BCUT2D eigenvalue weighted by Crippen LogP contribution is -2.28. The second-order valence-electron chi connectivity index (χ2n) is 1.47. The van der Waals surface area contributed by atoms with E-state index in [9.17, 15) is 0 Å². The van der Waals surface area contributed by atoms with Gasteiger partial charge in [0.25, 0.3) is 0 Å². The summed E-state index contributed by atoms with van der Waals surface area (Å²) in [6, 6.07) is 0. The Balaban J connectivity index is 2.92. The van der Waals surface area contributed by atoms with Gasteiger partial charge in [-0.3, -0.25) is 10.2 Å². The third kappa shape index (κ3) is 4.89. The summed E-state index contributed by atoms with van der Waals surface area (Å²) >= 11 is 0. The van der Waals surface area contributed by atoms with E-state index in [1.54, 1.807) is 0 Å². The molecule has 0 amide bonds. The zero-order chi connectivity index (χ0) is 6.41. The molecule has 50 valence electrons. The van der Waals surface area contributed by atoms with Crippen molar-refractivity contribution in [2.75, 3.05) is 13.1 Å². The van der Waals surface area contributed by atoms with Crippen LogP contribution in [0, 0.1) is 0 Å². The fourth-order valence-corrected chi connectivity index (χ4v) is 0.888. The van der Waals surface area contributed by atoms with Crippen LogP contribution in [0.5, 0.6) is 0 Å². The van der Waals surface area contributed by atoms with Crippen LogP contribution >= 0.6 is 18.8 Å². The molecule has 0 spiro atoms. The van der Waals surface area contributed by atoms with Gasteiger partial charge in [0.2, 0.25) is 0 Å². The first kappa shape index (κ1) is 8.74. The Labute approximate surface area is 54.1 Å². The molecule has 8 heavy (non-hydrogen) atoms. The number of rotatable bonds is 4. The minimum atomic E-state index is -0.301. The lowest BCUT2D eigenvalue weighted by molar-refractivity contribution is 0.184. The van der Waals surface area contributed by atoms with Crippen LogP contribution in [-0.4, -0.2) is 24.3 Å². The zero-order valence-corrected chi connectivity index (χ0v) is 6.90. The van der Waals surface area contributed by atoms with E-state index in [1.165, 1.54) is 0 Å². The van der Waals surface area contributed by atoms with Gasteiger partial charge in [0.05, 0.1) is 6.10 Å². The Kier molecular flexibility index (Phi) is 6.41. The van der Waals surface area contributed by atoms with E-state index >= 15 is 0 Å². The molecule has 0 fully saturated rings. The predicted molar refractivity (Wildman–Crippen MR) is 41.4 cm³/mol. The van der Waals surface area contributed by atoms with Gasteiger partial charge in [0.1, 0.15) is 0 Å². The molecule has 5 heteroatoms. The minimum absolute atomic E-state index is 0.301. The molecule has 0 aromatic rings. The maximum absolute atomic E-state index is 8.90. The molecular formula is C3H12N2OP2. The standard InChI is InChI=1S/C3H12N2OP2/c6-3(1-4-7)2-5-8/h3-6H,1-2,7-8H2. The van der Waals surface area contributed by atoms with E-state index < -0.39 is 0 Å². The third-order valence-electron chi connectivity index (χ3n) is 0.707. The van der Waals surface area contributed by atoms with Gasteiger partial charge in [-0.2, -0.15) is 0 Å². The van der Waals surface area contributed by atoms with E-state index in [4.69, 9.17) is 5.11 Å². The molecule has 0 aliphatic rings. The van der Waals surface area contributed by atoms with E-state index in [-0.39, 0.29) is 6.10 Å². The largest absolute Gasteiger partial charge is 0.390 e. The van der Waals surface area contributed by atoms with Crippen molar-refractivity contribution in [1.29, 1.82) is 0 Å². The normalized spacial score (nSPS) is 10.5. The van der Waals surface area contributed by atoms with Crippen molar-refractivity contribution >= 4 is 18.8 Å². The second-order valence-corrected chi connectivity index (χ2v) is 2.29. The van der Waals surface area contributed by atoms with Gasteiger partial charge in [0, 0.05) is 13.1 Å². The first-order valence-electron chi connectivity index (χ1n) is 2.36. The maximum atomic E-state index is 8.90. The highest BCUT2D eigenvalue weighted by molar-refractivity contribution is 7.13. The molecule has 3 N–H and O–H groups in total. The van der Waals surface area contributed by atoms with E-state index in [0.29, 0.717) is 13.1 Å². The van der Waals surface area contributed by atoms with E-state index in [1.807, 2.05) is 0 Å². The topological polar surface area (TPSA) is 44.3 Å². The van der Waals surface area contributed by atoms with Crippen LogP contribution in [-0.2, 0) is 0 Å². The molecular weight excluding hydrogens is 142 g/mol. The maximum Gasteiger partial charge on any atom is 0.0794 e. The van der Waals surface area contributed by atoms with Gasteiger partial charge in [0.15, 0.2) is 0 Å². The SMILES string of the molecule is OC(CNP)CNP. The van der Waals surface area contributed by atoms with Gasteiger partial charge in [-0.1, -0.05) is 18.8 Å². The summed E-state index contributed by atoms with van der Waals surface area (Å²) in [4.78, 5) is 0. The minimum Gasteiger partial charge on any atom is -0.390 e. The molecule has 0 aliphatic carbocycles. The zero-order valence-electron chi connectivity index (χ0n) is 4.59. The number of aliphatic hydroxyl groups is 1. The number of hydrogen-bond acceptors (Lipinski definition) is 3. The lowest BCUT2D eigenvalue weighted by Gasteiger charge is -2.06. The van der Waals surface area contributed by atoms with Gasteiger partial charge < -0.3 is 5.11 Å². The first-order valence-corrected chi connectivity index (χ1v) is 3.51.